The molecule has 3 aliphatic rings. The molecule has 0 aromatic rings. The van der Waals surface area contributed by atoms with Crippen LogP contribution in [0.2, 0.25) is 0 Å². The summed E-state index contributed by atoms with van der Waals surface area (Å²) in [6, 6.07) is -0.0601. The van der Waals surface area contributed by atoms with Gasteiger partial charge in [0.2, 0.25) is 5.91 Å². The summed E-state index contributed by atoms with van der Waals surface area (Å²) < 4.78 is 11.1. The van der Waals surface area contributed by atoms with Gasteiger partial charge in [0, 0.05) is 0 Å². The third kappa shape index (κ3) is 2.78. The van der Waals surface area contributed by atoms with Gasteiger partial charge in [-0.15, -0.1) is 0 Å². The normalized spacial score (nSPS) is 37.2. The van der Waals surface area contributed by atoms with Gasteiger partial charge in [-0.2, -0.15) is 0 Å². The van der Waals surface area contributed by atoms with E-state index < -0.39 is 0 Å². The molecule has 0 bridgehead atoms. The van der Waals surface area contributed by atoms with Crippen molar-refractivity contribution in [3.05, 3.63) is 0 Å². The lowest BCUT2D eigenvalue weighted by Gasteiger charge is -2.33. The Kier molecular flexibility index (Phi) is 4.05. The molecule has 2 heterocycles. The van der Waals surface area contributed by atoms with Gasteiger partial charge in [0.25, 0.3) is 0 Å². The fourth-order valence-electron chi connectivity index (χ4n) is 3.53. The molecule has 1 N–H and O–H groups in total. The molecule has 3 unspecified atom stereocenters. The molecule has 0 spiro atoms. The fraction of sp³-hybridized carbons (Fsp3) is 0.929. The molecule has 1 aliphatic carbocycles. The summed E-state index contributed by atoms with van der Waals surface area (Å²) in [5.41, 5.74) is 0. The van der Waals surface area contributed by atoms with Crippen molar-refractivity contribution in [1.82, 2.24) is 10.2 Å². The third-order valence-electron chi connectivity index (χ3n) is 4.54. The van der Waals surface area contributed by atoms with Crippen LogP contribution in [0.4, 0.5) is 0 Å². The van der Waals surface area contributed by atoms with Crippen LogP contribution in [0.15, 0.2) is 0 Å². The van der Waals surface area contributed by atoms with Crippen LogP contribution in [-0.2, 0) is 14.3 Å². The minimum atomic E-state index is -0.0601. The smallest absolute Gasteiger partial charge is 0.240 e. The number of hydrogen-bond acceptors (Lipinski definition) is 4. The van der Waals surface area contributed by atoms with Gasteiger partial charge in [0.05, 0.1) is 44.7 Å². The van der Waals surface area contributed by atoms with Crippen LogP contribution < -0.4 is 5.32 Å². The van der Waals surface area contributed by atoms with E-state index in [2.05, 4.69) is 5.32 Å². The molecule has 5 heteroatoms. The molecular formula is C14H24N2O3. The monoisotopic (exact) mass is 268 g/mol. The Balaban J connectivity index is 1.66. The fourth-order valence-corrected chi connectivity index (χ4v) is 3.53. The maximum absolute atomic E-state index is 12.3. The first-order valence-corrected chi connectivity index (χ1v) is 7.51. The lowest BCUT2D eigenvalue weighted by Crippen LogP contribution is -2.48. The second-order valence-electron chi connectivity index (χ2n) is 5.94. The molecule has 0 aromatic carbocycles. The van der Waals surface area contributed by atoms with Gasteiger partial charge in [-0.05, 0) is 25.7 Å². The number of nitrogens with zero attached hydrogens (tertiary/aromatic N) is 1. The van der Waals surface area contributed by atoms with Crippen molar-refractivity contribution in [3.8, 4) is 0 Å². The molecule has 0 radical (unpaired) electrons. The van der Waals surface area contributed by atoms with E-state index in [1.54, 1.807) is 0 Å². The Hall–Kier alpha value is -0.650. The van der Waals surface area contributed by atoms with Crippen molar-refractivity contribution in [3.63, 3.8) is 0 Å². The number of carbonyl (C=O) groups is 1. The van der Waals surface area contributed by atoms with Crippen LogP contribution in [0.3, 0.4) is 0 Å². The molecule has 5 nitrogen and oxygen atoms in total. The zero-order chi connectivity index (χ0) is 13.2. The number of nitrogens with one attached hydrogen (secondary N) is 1. The average molecular weight is 268 g/mol. The van der Waals surface area contributed by atoms with Gasteiger partial charge in [-0.1, -0.05) is 12.8 Å². The molecule has 2 aliphatic heterocycles. The largest absolute Gasteiger partial charge is 0.376 e. The van der Waals surface area contributed by atoms with Crippen molar-refractivity contribution in [2.75, 3.05) is 26.4 Å². The first-order chi connectivity index (χ1) is 9.25. The van der Waals surface area contributed by atoms with Crippen LogP contribution in [0.5, 0.6) is 0 Å². The van der Waals surface area contributed by atoms with E-state index >= 15 is 0 Å². The number of ether oxygens (including phenoxy) is 2. The molecule has 1 saturated carbocycles. The second-order valence-corrected chi connectivity index (χ2v) is 5.94. The minimum Gasteiger partial charge on any atom is -0.376 e. The topological polar surface area (TPSA) is 50.8 Å². The summed E-state index contributed by atoms with van der Waals surface area (Å²) >= 11 is 0. The van der Waals surface area contributed by atoms with Crippen molar-refractivity contribution in [2.45, 2.75) is 50.9 Å². The highest BCUT2D eigenvalue weighted by molar-refractivity contribution is 5.84. The Morgan fingerprint density at radius 3 is 2.79 bits per heavy atom. The molecule has 3 fully saturated rings. The van der Waals surface area contributed by atoms with Crippen molar-refractivity contribution in [1.29, 1.82) is 0 Å². The molecule has 19 heavy (non-hydrogen) atoms. The van der Waals surface area contributed by atoms with E-state index in [-0.39, 0.29) is 24.2 Å². The summed E-state index contributed by atoms with van der Waals surface area (Å²) in [4.78, 5) is 14.3. The van der Waals surface area contributed by atoms with Crippen molar-refractivity contribution >= 4 is 5.91 Å². The predicted octanol–water partition coefficient (Wildman–Crippen LogP) is 0.738. The SMILES string of the molecule is CC1NC(C2CCCC2)N(CC2COCCO2)C1=O. The minimum absolute atomic E-state index is 0.0358. The second kappa shape index (κ2) is 5.77. The quantitative estimate of drug-likeness (QED) is 0.820. The summed E-state index contributed by atoms with van der Waals surface area (Å²) in [5.74, 6) is 0.824. The van der Waals surface area contributed by atoms with Crippen LogP contribution in [-0.4, -0.2) is 55.5 Å². The molecule has 1 amide bonds. The average Bonchev–Trinajstić information content (AvgIpc) is 3.04. The molecular weight excluding hydrogens is 244 g/mol. The summed E-state index contributed by atoms with van der Waals surface area (Å²) in [6.07, 6.45) is 5.29. The van der Waals surface area contributed by atoms with Crippen LogP contribution in [0.1, 0.15) is 32.6 Å². The Bertz CT molecular complexity index is 325. The van der Waals surface area contributed by atoms with Crippen LogP contribution in [0, 0.1) is 5.92 Å². The van der Waals surface area contributed by atoms with E-state index in [9.17, 15) is 4.79 Å². The van der Waals surface area contributed by atoms with E-state index in [4.69, 9.17) is 9.47 Å². The van der Waals surface area contributed by atoms with E-state index in [1.165, 1.54) is 25.7 Å². The van der Waals surface area contributed by atoms with Gasteiger partial charge in [0.15, 0.2) is 0 Å². The third-order valence-corrected chi connectivity index (χ3v) is 4.54. The first kappa shape index (κ1) is 13.3. The van der Waals surface area contributed by atoms with Crippen molar-refractivity contribution < 1.29 is 14.3 Å². The van der Waals surface area contributed by atoms with Gasteiger partial charge in [-0.3, -0.25) is 10.1 Å². The molecule has 3 rings (SSSR count). The highest BCUT2D eigenvalue weighted by atomic mass is 16.6. The van der Waals surface area contributed by atoms with Gasteiger partial charge in [0.1, 0.15) is 0 Å². The van der Waals surface area contributed by atoms with Crippen LogP contribution >= 0.6 is 0 Å². The van der Waals surface area contributed by atoms with E-state index in [1.807, 2.05) is 11.8 Å². The van der Waals surface area contributed by atoms with Crippen molar-refractivity contribution in [2.24, 2.45) is 5.92 Å². The van der Waals surface area contributed by atoms with E-state index in [0.717, 1.165) is 0 Å². The van der Waals surface area contributed by atoms with Gasteiger partial charge < -0.3 is 14.4 Å². The van der Waals surface area contributed by atoms with Gasteiger partial charge >= 0.3 is 0 Å². The molecule has 3 atom stereocenters. The Labute approximate surface area is 114 Å². The Morgan fingerprint density at radius 1 is 1.32 bits per heavy atom. The number of hydrogen-bond donors (Lipinski definition) is 1. The lowest BCUT2D eigenvalue weighted by atomic mass is 10.0. The Morgan fingerprint density at radius 2 is 2.11 bits per heavy atom. The number of amides is 1. The van der Waals surface area contributed by atoms with Gasteiger partial charge in [-0.25, -0.2) is 0 Å². The summed E-state index contributed by atoms with van der Waals surface area (Å²) in [7, 11) is 0. The summed E-state index contributed by atoms with van der Waals surface area (Å²) in [5, 5.41) is 3.47. The maximum atomic E-state index is 12.3. The molecule has 0 aromatic heterocycles. The molecule has 2 saturated heterocycles. The van der Waals surface area contributed by atoms with E-state index in [0.29, 0.717) is 32.3 Å². The standard InChI is InChI=1S/C14H24N2O3/c1-10-14(17)16(8-12-9-18-6-7-19-12)13(15-10)11-4-2-3-5-11/h10-13,15H,2-9H2,1H3. The highest BCUT2D eigenvalue weighted by Gasteiger charge is 2.42. The zero-order valence-electron chi connectivity index (χ0n) is 11.6. The first-order valence-electron chi connectivity index (χ1n) is 7.51. The van der Waals surface area contributed by atoms with Crippen LogP contribution in [0.25, 0.3) is 0 Å². The molecule has 108 valence electrons. The predicted molar refractivity (Wildman–Crippen MR) is 70.6 cm³/mol. The number of carbonyl (C=O) groups excluding carboxylic acids is 1. The number of rotatable bonds is 3. The zero-order valence-corrected chi connectivity index (χ0v) is 11.6. The highest BCUT2D eigenvalue weighted by Crippen LogP contribution is 2.32. The maximum Gasteiger partial charge on any atom is 0.240 e. The lowest BCUT2D eigenvalue weighted by molar-refractivity contribution is -0.137. The summed E-state index contributed by atoms with van der Waals surface area (Å²) in [6.45, 7) is 4.55.